The van der Waals surface area contributed by atoms with Gasteiger partial charge in [0.1, 0.15) is 5.82 Å². The SMILES string of the molecule is CCc1noc(-c2cn(C3CCN(C(=O)Cc4ccc(F)cc4)CC3)nn2)n1. The van der Waals surface area contributed by atoms with Crippen LogP contribution in [-0.4, -0.2) is 49.0 Å². The Morgan fingerprint density at radius 3 is 2.68 bits per heavy atom. The summed E-state index contributed by atoms with van der Waals surface area (Å²) in [4.78, 5) is 18.6. The molecule has 2 aromatic heterocycles. The van der Waals surface area contributed by atoms with E-state index >= 15 is 0 Å². The molecule has 1 aromatic carbocycles. The monoisotopic (exact) mass is 384 g/mol. The molecule has 0 aliphatic carbocycles. The topological polar surface area (TPSA) is 89.9 Å². The molecule has 1 saturated heterocycles. The molecule has 28 heavy (non-hydrogen) atoms. The Labute approximate surface area is 161 Å². The van der Waals surface area contributed by atoms with Gasteiger partial charge in [-0.3, -0.25) is 4.79 Å². The number of aromatic nitrogens is 5. The van der Waals surface area contributed by atoms with Crippen molar-refractivity contribution in [2.24, 2.45) is 0 Å². The largest absolute Gasteiger partial charge is 0.342 e. The summed E-state index contributed by atoms with van der Waals surface area (Å²) in [5.41, 5.74) is 1.38. The van der Waals surface area contributed by atoms with Gasteiger partial charge in [0.2, 0.25) is 5.91 Å². The molecular formula is C19H21FN6O2. The fourth-order valence-electron chi connectivity index (χ4n) is 3.32. The van der Waals surface area contributed by atoms with E-state index in [1.54, 1.807) is 12.1 Å². The second-order valence-electron chi connectivity index (χ2n) is 6.87. The highest BCUT2D eigenvalue weighted by atomic mass is 19.1. The number of carbonyl (C=O) groups is 1. The third-order valence-corrected chi connectivity index (χ3v) is 4.97. The molecule has 0 atom stereocenters. The Kier molecular flexibility index (Phi) is 5.14. The molecule has 8 nitrogen and oxygen atoms in total. The minimum Gasteiger partial charge on any atom is -0.342 e. The van der Waals surface area contributed by atoms with Gasteiger partial charge in [-0.05, 0) is 30.5 Å². The lowest BCUT2D eigenvalue weighted by Gasteiger charge is -2.32. The zero-order valence-corrected chi connectivity index (χ0v) is 15.6. The van der Waals surface area contributed by atoms with Gasteiger partial charge in [-0.1, -0.05) is 29.4 Å². The minimum absolute atomic E-state index is 0.0577. The summed E-state index contributed by atoms with van der Waals surface area (Å²) in [5, 5.41) is 12.2. The number of halogens is 1. The first-order valence-electron chi connectivity index (χ1n) is 9.39. The molecule has 4 rings (SSSR count). The van der Waals surface area contributed by atoms with Crippen LogP contribution in [0, 0.1) is 5.82 Å². The zero-order chi connectivity index (χ0) is 19.5. The van der Waals surface area contributed by atoms with Crippen LogP contribution in [0.4, 0.5) is 4.39 Å². The van der Waals surface area contributed by atoms with E-state index in [2.05, 4.69) is 20.5 Å². The van der Waals surface area contributed by atoms with Crippen LogP contribution >= 0.6 is 0 Å². The standard InChI is InChI=1S/C19H21FN6O2/c1-2-17-21-19(28-23-17)16-12-26(24-22-16)15-7-9-25(10-8-15)18(27)11-13-3-5-14(20)6-4-13/h3-6,12,15H,2,7-11H2,1H3. The van der Waals surface area contributed by atoms with Crippen molar-refractivity contribution in [3.63, 3.8) is 0 Å². The van der Waals surface area contributed by atoms with Crippen LogP contribution in [0.15, 0.2) is 35.0 Å². The van der Waals surface area contributed by atoms with E-state index in [1.807, 2.05) is 22.7 Å². The van der Waals surface area contributed by atoms with Crippen molar-refractivity contribution < 1.29 is 13.7 Å². The van der Waals surface area contributed by atoms with Crippen molar-refractivity contribution >= 4 is 5.91 Å². The number of hydrogen-bond donors (Lipinski definition) is 0. The minimum atomic E-state index is -0.296. The average molecular weight is 384 g/mol. The van der Waals surface area contributed by atoms with Crippen LogP contribution in [0.1, 0.15) is 37.2 Å². The first-order chi connectivity index (χ1) is 13.6. The van der Waals surface area contributed by atoms with Gasteiger partial charge in [0.15, 0.2) is 11.5 Å². The first-order valence-corrected chi connectivity index (χ1v) is 9.39. The maximum atomic E-state index is 13.0. The number of likely N-dealkylation sites (tertiary alicyclic amines) is 1. The van der Waals surface area contributed by atoms with Gasteiger partial charge in [-0.15, -0.1) is 5.10 Å². The van der Waals surface area contributed by atoms with E-state index in [-0.39, 0.29) is 24.2 Å². The molecule has 0 bridgehead atoms. The molecule has 3 aromatic rings. The summed E-state index contributed by atoms with van der Waals surface area (Å²) in [6.07, 6.45) is 4.38. The Hall–Kier alpha value is -3.10. The zero-order valence-electron chi connectivity index (χ0n) is 15.6. The predicted octanol–water partition coefficient (Wildman–Crippen LogP) is 2.44. The fourth-order valence-corrected chi connectivity index (χ4v) is 3.32. The van der Waals surface area contributed by atoms with E-state index in [0.29, 0.717) is 36.9 Å². The number of rotatable bonds is 5. The highest BCUT2D eigenvalue weighted by molar-refractivity contribution is 5.78. The summed E-state index contributed by atoms with van der Waals surface area (Å²) in [6, 6.07) is 6.23. The van der Waals surface area contributed by atoms with Gasteiger partial charge >= 0.3 is 0 Å². The number of hydrogen-bond acceptors (Lipinski definition) is 6. The molecule has 0 saturated carbocycles. The van der Waals surface area contributed by atoms with Crippen molar-refractivity contribution in [3.05, 3.63) is 47.7 Å². The molecule has 1 aliphatic heterocycles. The summed E-state index contributed by atoms with van der Waals surface area (Å²) in [6.45, 7) is 3.26. The number of carbonyl (C=O) groups excluding carboxylic acids is 1. The number of benzene rings is 1. The van der Waals surface area contributed by atoms with Gasteiger partial charge in [0.05, 0.1) is 18.7 Å². The smallest absolute Gasteiger partial charge is 0.280 e. The third-order valence-electron chi connectivity index (χ3n) is 4.97. The maximum Gasteiger partial charge on any atom is 0.280 e. The van der Waals surface area contributed by atoms with E-state index < -0.39 is 0 Å². The molecule has 1 aliphatic rings. The molecule has 0 N–H and O–H groups in total. The van der Waals surface area contributed by atoms with Crippen LogP contribution in [0.3, 0.4) is 0 Å². The normalized spacial score (nSPS) is 15.1. The molecule has 0 radical (unpaired) electrons. The van der Waals surface area contributed by atoms with E-state index in [9.17, 15) is 9.18 Å². The summed E-state index contributed by atoms with van der Waals surface area (Å²) in [5.74, 6) is 0.769. The quantitative estimate of drug-likeness (QED) is 0.671. The van der Waals surface area contributed by atoms with Crippen molar-refractivity contribution in [2.75, 3.05) is 13.1 Å². The van der Waals surface area contributed by atoms with Crippen LogP contribution in [0.25, 0.3) is 11.6 Å². The molecular weight excluding hydrogens is 363 g/mol. The Balaban J connectivity index is 1.34. The van der Waals surface area contributed by atoms with Crippen LogP contribution in [-0.2, 0) is 17.6 Å². The van der Waals surface area contributed by atoms with Gasteiger partial charge < -0.3 is 9.42 Å². The number of piperidine rings is 1. The van der Waals surface area contributed by atoms with E-state index in [0.717, 1.165) is 18.4 Å². The molecule has 3 heterocycles. The Bertz CT molecular complexity index is 944. The Morgan fingerprint density at radius 1 is 1.25 bits per heavy atom. The number of aryl methyl sites for hydroxylation is 1. The first kappa shape index (κ1) is 18.3. The van der Waals surface area contributed by atoms with Crippen molar-refractivity contribution in [1.82, 2.24) is 30.0 Å². The lowest BCUT2D eigenvalue weighted by molar-refractivity contribution is -0.131. The second-order valence-corrected chi connectivity index (χ2v) is 6.87. The van der Waals surface area contributed by atoms with Gasteiger partial charge in [0.25, 0.3) is 5.89 Å². The predicted molar refractivity (Wildman–Crippen MR) is 97.6 cm³/mol. The molecule has 0 unspecified atom stereocenters. The number of nitrogens with zero attached hydrogens (tertiary/aromatic N) is 6. The van der Waals surface area contributed by atoms with Gasteiger partial charge in [0, 0.05) is 19.5 Å². The van der Waals surface area contributed by atoms with Crippen molar-refractivity contribution in [2.45, 2.75) is 38.6 Å². The highest BCUT2D eigenvalue weighted by Crippen LogP contribution is 2.24. The van der Waals surface area contributed by atoms with Crippen LogP contribution in [0.2, 0.25) is 0 Å². The summed E-state index contributed by atoms with van der Waals surface area (Å²) in [7, 11) is 0. The third kappa shape index (κ3) is 3.92. The molecule has 146 valence electrons. The second kappa shape index (κ2) is 7.87. The van der Waals surface area contributed by atoms with Crippen LogP contribution in [0.5, 0.6) is 0 Å². The summed E-state index contributed by atoms with van der Waals surface area (Å²) < 4.78 is 20.0. The highest BCUT2D eigenvalue weighted by Gasteiger charge is 2.25. The average Bonchev–Trinajstić information content (AvgIpc) is 3.39. The molecule has 0 spiro atoms. The van der Waals surface area contributed by atoms with Crippen molar-refractivity contribution in [3.8, 4) is 11.6 Å². The van der Waals surface area contributed by atoms with Crippen LogP contribution < -0.4 is 0 Å². The lowest BCUT2D eigenvalue weighted by atomic mass is 10.0. The molecule has 1 fully saturated rings. The van der Waals surface area contributed by atoms with Gasteiger partial charge in [-0.25, -0.2) is 9.07 Å². The maximum absolute atomic E-state index is 13.0. The molecule has 1 amide bonds. The number of amides is 1. The van der Waals surface area contributed by atoms with Gasteiger partial charge in [-0.2, -0.15) is 4.98 Å². The fraction of sp³-hybridized carbons (Fsp3) is 0.421. The lowest BCUT2D eigenvalue weighted by Crippen LogP contribution is -2.40. The van der Waals surface area contributed by atoms with E-state index in [1.165, 1.54) is 12.1 Å². The van der Waals surface area contributed by atoms with E-state index in [4.69, 9.17) is 4.52 Å². The molecule has 9 heteroatoms. The summed E-state index contributed by atoms with van der Waals surface area (Å²) >= 11 is 0. The Morgan fingerprint density at radius 2 is 2.00 bits per heavy atom. The van der Waals surface area contributed by atoms with Crippen molar-refractivity contribution in [1.29, 1.82) is 0 Å².